The van der Waals surface area contributed by atoms with Crippen LogP contribution in [0, 0.1) is 5.82 Å². The van der Waals surface area contributed by atoms with Crippen LogP contribution < -0.4 is 4.90 Å². The van der Waals surface area contributed by atoms with Crippen molar-refractivity contribution in [3.63, 3.8) is 0 Å². The largest absolute Gasteiger partial charge is 0.442 e. The van der Waals surface area contributed by atoms with Crippen LogP contribution in [-0.2, 0) is 14.3 Å². The van der Waals surface area contributed by atoms with Crippen molar-refractivity contribution in [2.45, 2.75) is 24.8 Å². The van der Waals surface area contributed by atoms with Gasteiger partial charge in [0.15, 0.2) is 6.10 Å². The molecule has 1 aromatic carbocycles. The number of ether oxygens (including phenoxy) is 2. The molecule has 0 N–H and O–H groups in total. The average molecular weight is 522 g/mol. The van der Waals surface area contributed by atoms with E-state index in [1.54, 1.807) is 29.3 Å². The highest BCUT2D eigenvalue weighted by atomic mass is 19.4. The Bertz CT molecular complexity index is 1210. The highest BCUT2D eigenvalue weighted by Gasteiger charge is 2.34. The van der Waals surface area contributed by atoms with Gasteiger partial charge in [0, 0.05) is 23.7 Å². The normalized spacial score (nSPS) is 21.4. The van der Waals surface area contributed by atoms with Crippen molar-refractivity contribution in [3.8, 4) is 11.1 Å². The molecule has 2 atom stereocenters. The number of oxime groups is 1. The zero-order valence-corrected chi connectivity index (χ0v) is 19.4. The molecule has 0 unspecified atom stereocenters. The summed E-state index contributed by atoms with van der Waals surface area (Å²) >= 11 is 0. The number of carbonyl (C=O) groups excluding carboxylic acids is 1. The third-order valence-corrected chi connectivity index (χ3v) is 5.87. The van der Waals surface area contributed by atoms with Crippen molar-refractivity contribution in [1.29, 1.82) is 0 Å². The molecule has 0 aliphatic carbocycles. The number of aromatic nitrogens is 1. The fourth-order valence-electron chi connectivity index (χ4n) is 4.13. The quantitative estimate of drug-likeness (QED) is 0.487. The van der Waals surface area contributed by atoms with Gasteiger partial charge >= 0.3 is 12.3 Å². The van der Waals surface area contributed by atoms with E-state index < -0.39 is 36.9 Å². The van der Waals surface area contributed by atoms with E-state index in [2.05, 4.69) is 25.2 Å². The maximum absolute atomic E-state index is 15.0. The molecule has 1 amide bonds. The summed E-state index contributed by atoms with van der Waals surface area (Å²) in [4.78, 5) is 23.1. The fraction of sp³-hybridized carbons (Fsp3) is 0.435. The molecule has 5 rings (SSSR count). The van der Waals surface area contributed by atoms with Gasteiger partial charge in [-0.25, -0.2) is 9.18 Å². The van der Waals surface area contributed by atoms with Gasteiger partial charge in [-0.15, -0.1) is 0 Å². The molecule has 2 aromatic rings. The second-order valence-electron chi connectivity index (χ2n) is 8.68. The minimum Gasteiger partial charge on any atom is -0.442 e. The number of halogens is 4. The Labute approximate surface area is 208 Å². The number of hydrogen-bond donors (Lipinski definition) is 0. The summed E-state index contributed by atoms with van der Waals surface area (Å²) in [6, 6.07) is 7.73. The summed E-state index contributed by atoms with van der Waals surface area (Å²) < 4.78 is 61.7. The Kier molecular flexibility index (Phi) is 6.91. The number of rotatable bonds is 8. The Morgan fingerprint density at radius 3 is 2.73 bits per heavy atom. The third kappa shape index (κ3) is 5.96. The molecule has 1 aromatic heterocycles. The summed E-state index contributed by atoms with van der Waals surface area (Å²) in [6.45, 7) is 0.354. The van der Waals surface area contributed by atoms with Crippen LogP contribution in [0.1, 0.15) is 12.1 Å². The van der Waals surface area contributed by atoms with E-state index in [4.69, 9.17) is 9.57 Å². The molecule has 14 heteroatoms. The lowest BCUT2D eigenvalue weighted by atomic mass is 10.0. The maximum Gasteiger partial charge on any atom is 0.414 e. The van der Waals surface area contributed by atoms with Crippen molar-refractivity contribution in [2.75, 3.05) is 44.3 Å². The summed E-state index contributed by atoms with van der Waals surface area (Å²) in [5.74, 6) is -0.542. The minimum absolute atomic E-state index is 0.237. The van der Waals surface area contributed by atoms with Crippen molar-refractivity contribution in [2.24, 2.45) is 15.5 Å². The summed E-state index contributed by atoms with van der Waals surface area (Å²) in [6.07, 6.45) is -4.30. The monoisotopic (exact) mass is 522 g/mol. The molecule has 10 nitrogen and oxygen atoms in total. The molecule has 3 aliphatic heterocycles. The number of hydrogen-bond acceptors (Lipinski definition) is 9. The van der Waals surface area contributed by atoms with E-state index in [9.17, 15) is 18.0 Å². The third-order valence-electron chi connectivity index (χ3n) is 5.87. The van der Waals surface area contributed by atoms with E-state index in [1.807, 2.05) is 0 Å². The standard InChI is InChI=1S/C23H22F4N6O4/c24-19-7-15(33-11-17(36-22(33)34)10-32-6-5-29-31-32)2-3-18(19)14-1-4-20(28-9-14)21-8-16(37-30-21)12-35-13-23(25,26)27/h1-4,7,9,16-17H,5-6,8,10-13H2/t16-,17-/m0/s1. The number of nitrogens with zero attached hydrogens (tertiary/aromatic N) is 6. The second kappa shape index (κ2) is 10.3. The number of pyridine rings is 1. The van der Waals surface area contributed by atoms with Crippen LogP contribution in [0.2, 0.25) is 0 Å². The minimum atomic E-state index is -4.41. The number of carbonyl (C=O) groups is 1. The van der Waals surface area contributed by atoms with E-state index >= 15 is 4.39 Å². The lowest BCUT2D eigenvalue weighted by Gasteiger charge is -2.16. The number of cyclic esters (lactones) is 1. The molecule has 0 bridgehead atoms. The van der Waals surface area contributed by atoms with E-state index in [0.717, 1.165) is 0 Å². The molecule has 0 spiro atoms. The van der Waals surface area contributed by atoms with Crippen LogP contribution in [0.4, 0.5) is 28.0 Å². The molecule has 1 saturated heterocycles. The van der Waals surface area contributed by atoms with Crippen LogP contribution in [0.3, 0.4) is 0 Å². The number of anilines is 1. The van der Waals surface area contributed by atoms with Gasteiger partial charge in [0.05, 0.1) is 44.2 Å². The molecular formula is C23H22F4N6O4. The predicted octanol–water partition coefficient (Wildman–Crippen LogP) is 3.97. The van der Waals surface area contributed by atoms with Crippen molar-refractivity contribution in [3.05, 3.63) is 48.0 Å². The highest BCUT2D eigenvalue weighted by molar-refractivity contribution is 5.99. The van der Waals surface area contributed by atoms with E-state index in [0.29, 0.717) is 42.3 Å². The Hall–Kier alpha value is -3.81. The zero-order valence-electron chi connectivity index (χ0n) is 19.4. The van der Waals surface area contributed by atoms with Crippen LogP contribution in [0.5, 0.6) is 0 Å². The molecule has 0 radical (unpaired) electrons. The predicted molar refractivity (Wildman–Crippen MR) is 121 cm³/mol. The van der Waals surface area contributed by atoms with Crippen LogP contribution in [-0.4, -0.2) is 79.6 Å². The number of alkyl halides is 3. The number of benzene rings is 1. The summed E-state index contributed by atoms with van der Waals surface area (Å²) in [5, 5.41) is 13.5. The van der Waals surface area contributed by atoms with Crippen molar-refractivity contribution >= 4 is 17.5 Å². The summed E-state index contributed by atoms with van der Waals surface area (Å²) in [5.41, 5.74) is 2.08. The Morgan fingerprint density at radius 1 is 1.16 bits per heavy atom. The lowest BCUT2D eigenvalue weighted by Crippen LogP contribution is -2.31. The van der Waals surface area contributed by atoms with Gasteiger partial charge in [-0.1, -0.05) is 16.4 Å². The van der Waals surface area contributed by atoms with Gasteiger partial charge in [0.2, 0.25) is 0 Å². The van der Waals surface area contributed by atoms with Gasteiger partial charge in [-0.2, -0.15) is 18.3 Å². The first-order valence-corrected chi connectivity index (χ1v) is 11.5. The molecule has 3 aliphatic rings. The smallest absolute Gasteiger partial charge is 0.414 e. The van der Waals surface area contributed by atoms with Gasteiger partial charge in [0.25, 0.3) is 0 Å². The molecule has 0 saturated carbocycles. The molecule has 4 heterocycles. The van der Waals surface area contributed by atoms with Gasteiger partial charge in [-0.05, 0) is 24.3 Å². The van der Waals surface area contributed by atoms with E-state index in [-0.39, 0.29) is 25.1 Å². The van der Waals surface area contributed by atoms with E-state index in [1.165, 1.54) is 17.2 Å². The first-order valence-electron chi connectivity index (χ1n) is 11.5. The zero-order chi connectivity index (χ0) is 26.0. The molecular weight excluding hydrogens is 500 g/mol. The summed E-state index contributed by atoms with van der Waals surface area (Å²) in [7, 11) is 0. The Morgan fingerprint density at radius 2 is 2.03 bits per heavy atom. The van der Waals surface area contributed by atoms with Crippen LogP contribution in [0.25, 0.3) is 11.1 Å². The molecule has 37 heavy (non-hydrogen) atoms. The molecule has 1 fully saturated rings. The van der Waals surface area contributed by atoms with Crippen molar-refractivity contribution < 1.29 is 36.7 Å². The van der Waals surface area contributed by atoms with Gasteiger partial charge < -0.3 is 14.3 Å². The lowest BCUT2D eigenvalue weighted by molar-refractivity contribution is -0.180. The maximum atomic E-state index is 15.0. The fourth-order valence-corrected chi connectivity index (χ4v) is 4.13. The first kappa shape index (κ1) is 24.9. The highest BCUT2D eigenvalue weighted by Crippen LogP contribution is 2.29. The van der Waals surface area contributed by atoms with Crippen LogP contribution in [0.15, 0.2) is 52.0 Å². The van der Waals surface area contributed by atoms with Crippen LogP contribution >= 0.6 is 0 Å². The molecule has 196 valence electrons. The number of amides is 1. The van der Waals surface area contributed by atoms with Gasteiger partial charge in [0.1, 0.15) is 24.2 Å². The van der Waals surface area contributed by atoms with Gasteiger partial charge in [-0.3, -0.25) is 14.9 Å². The first-order chi connectivity index (χ1) is 17.7. The SMILES string of the molecule is O=C1O[C@@H](CN2CCN=N2)CN1c1ccc(-c2ccc(C3=NO[C@H](COCC(F)(F)F)C3)nc2)c(F)c1. The Balaban J connectivity index is 1.19. The van der Waals surface area contributed by atoms with Crippen molar-refractivity contribution in [1.82, 2.24) is 9.99 Å². The second-order valence-corrected chi connectivity index (χ2v) is 8.68. The topological polar surface area (TPSA) is 101 Å². The average Bonchev–Trinajstić information content (AvgIpc) is 3.61.